The first-order valence-corrected chi connectivity index (χ1v) is 4.17. The Hall–Kier alpha value is -0.860. The van der Waals surface area contributed by atoms with Gasteiger partial charge < -0.3 is 0 Å². The van der Waals surface area contributed by atoms with Gasteiger partial charge in [-0.15, -0.1) is 0 Å². The molecule has 0 saturated heterocycles. The fourth-order valence-corrected chi connectivity index (χ4v) is 1.28. The van der Waals surface area contributed by atoms with Crippen molar-refractivity contribution in [2.45, 2.75) is 33.1 Å². The summed E-state index contributed by atoms with van der Waals surface area (Å²) in [5.41, 5.74) is 1.07. The van der Waals surface area contributed by atoms with Gasteiger partial charge in [-0.3, -0.25) is 0 Å². The summed E-state index contributed by atoms with van der Waals surface area (Å²) in [6.45, 7) is 4.46. The predicted molar refractivity (Wildman–Crippen MR) is 44.2 cm³/mol. The number of H-pyrrole nitrogens is 1. The zero-order valence-electron chi connectivity index (χ0n) is 7.17. The number of nitrogens with one attached hydrogen (secondary N) is 1. The number of hydrogen-bond acceptors (Lipinski definition) is 2. The van der Waals surface area contributed by atoms with Crippen LogP contribution in [-0.2, 0) is 6.42 Å². The molecule has 0 aliphatic rings. The van der Waals surface area contributed by atoms with Crippen LogP contribution in [0.1, 0.15) is 32.4 Å². The minimum atomic E-state index is 0.727. The molecule has 0 fully saturated rings. The van der Waals surface area contributed by atoms with Crippen molar-refractivity contribution in [2.24, 2.45) is 5.92 Å². The van der Waals surface area contributed by atoms with E-state index in [1.165, 1.54) is 12.8 Å². The molecular formula is C8H15N3. The van der Waals surface area contributed by atoms with Crippen LogP contribution in [0.2, 0.25) is 0 Å². The van der Waals surface area contributed by atoms with E-state index in [9.17, 15) is 0 Å². The first kappa shape index (κ1) is 8.24. The largest absolute Gasteiger partial charge is 0.198 e. The zero-order valence-corrected chi connectivity index (χ0v) is 7.17. The normalized spacial score (nSPS) is 13.3. The molecule has 0 aliphatic heterocycles. The highest BCUT2D eigenvalue weighted by molar-refractivity contribution is 4.91. The summed E-state index contributed by atoms with van der Waals surface area (Å²) in [6.07, 6.45) is 5.36. The first-order chi connectivity index (χ1) is 5.33. The summed E-state index contributed by atoms with van der Waals surface area (Å²) in [5, 5.41) is 10.4. The topological polar surface area (TPSA) is 41.6 Å². The highest BCUT2D eigenvalue weighted by Crippen LogP contribution is 2.09. The lowest BCUT2D eigenvalue weighted by Crippen LogP contribution is -1.99. The summed E-state index contributed by atoms with van der Waals surface area (Å²) < 4.78 is 0. The lowest BCUT2D eigenvalue weighted by Gasteiger charge is -2.05. The van der Waals surface area contributed by atoms with Crippen molar-refractivity contribution < 1.29 is 0 Å². The van der Waals surface area contributed by atoms with E-state index in [1.54, 1.807) is 6.20 Å². The van der Waals surface area contributed by atoms with Gasteiger partial charge in [0.25, 0.3) is 0 Å². The van der Waals surface area contributed by atoms with E-state index in [4.69, 9.17) is 0 Å². The lowest BCUT2D eigenvalue weighted by atomic mass is 10.0. The van der Waals surface area contributed by atoms with Gasteiger partial charge in [0.1, 0.15) is 0 Å². The number of nitrogens with zero attached hydrogens (tertiary/aromatic N) is 2. The van der Waals surface area contributed by atoms with Crippen molar-refractivity contribution in [3.05, 3.63) is 11.9 Å². The molecule has 1 aromatic heterocycles. The molecule has 0 aliphatic carbocycles. The first-order valence-electron chi connectivity index (χ1n) is 4.17. The van der Waals surface area contributed by atoms with Crippen LogP contribution in [0.15, 0.2) is 6.20 Å². The molecule has 3 heteroatoms. The summed E-state index contributed by atoms with van der Waals surface area (Å²) in [5.74, 6) is 0.727. The van der Waals surface area contributed by atoms with Crippen LogP contribution >= 0.6 is 0 Å². The van der Waals surface area contributed by atoms with Crippen molar-refractivity contribution in [3.63, 3.8) is 0 Å². The molecule has 1 aromatic rings. The maximum Gasteiger partial charge on any atom is 0.0827 e. The molecule has 1 heterocycles. The number of aromatic amines is 1. The van der Waals surface area contributed by atoms with Gasteiger partial charge in [0.2, 0.25) is 0 Å². The van der Waals surface area contributed by atoms with Crippen LogP contribution in [-0.4, -0.2) is 15.4 Å². The van der Waals surface area contributed by atoms with Gasteiger partial charge in [0, 0.05) is 0 Å². The number of rotatable bonds is 4. The van der Waals surface area contributed by atoms with Crippen LogP contribution in [0.3, 0.4) is 0 Å². The summed E-state index contributed by atoms with van der Waals surface area (Å²) in [6, 6.07) is 0. The Balaban J connectivity index is 2.31. The second-order valence-corrected chi connectivity index (χ2v) is 3.06. The third-order valence-corrected chi connectivity index (χ3v) is 1.80. The van der Waals surface area contributed by atoms with Crippen LogP contribution < -0.4 is 0 Å². The average Bonchev–Trinajstić information content (AvgIpc) is 2.40. The molecule has 1 rings (SSSR count). The molecule has 62 valence electrons. The van der Waals surface area contributed by atoms with Crippen LogP contribution in [0, 0.1) is 5.92 Å². The molecule has 3 nitrogen and oxygen atoms in total. The average molecular weight is 153 g/mol. The highest BCUT2D eigenvalue weighted by atomic mass is 15.3. The minimum absolute atomic E-state index is 0.727. The van der Waals surface area contributed by atoms with E-state index in [2.05, 4.69) is 29.3 Å². The van der Waals surface area contributed by atoms with Crippen molar-refractivity contribution in [1.29, 1.82) is 0 Å². The third kappa shape index (κ3) is 2.70. The number of aromatic nitrogens is 3. The Morgan fingerprint density at radius 1 is 1.64 bits per heavy atom. The summed E-state index contributed by atoms with van der Waals surface area (Å²) in [4.78, 5) is 0. The van der Waals surface area contributed by atoms with Gasteiger partial charge in [-0.05, 0) is 12.3 Å². The summed E-state index contributed by atoms with van der Waals surface area (Å²) in [7, 11) is 0. The highest BCUT2D eigenvalue weighted by Gasteiger charge is 2.03. The van der Waals surface area contributed by atoms with Gasteiger partial charge in [-0.2, -0.15) is 15.4 Å². The van der Waals surface area contributed by atoms with E-state index in [1.807, 2.05) is 0 Å². The third-order valence-electron chi connectivity index (χ3n) is 1.80. The standard InChI is InChI=1S/C8H15N3/c1-3-4-7(2)5-8-6-9-11-10-8/h6-7H,3-5H2,1-2H3,(H,9,10,11). The van der Waals surface area contributed by atoms with Gasteiger partial charge in [0.05, 0.1) is 11.9 Å². The molecule has 11 heavy (non-hydrogen) atoms. The Bertz CT molecular complexity index is 181. The smallest absolute Gasteiger partial charge is 0.0827 e. The Labute approximate surface area is 67.2 Å². The van der Waals surface area contributed by atoms with Crippen LogP contribution in [0.5, 0.6) is 0 Å². The quantitative estimate of drug-likeness (QED) is 0.716. The minimum Gasteiger partial charge on any atom is -0.198 e. The Kier molecular flexibility index (Phi) is 3.08. The molecule has 1 atom stereocenters. The summed E-state index contributed by atoms with van der Waals surface area (Å²) >= 11 is 0. The van der Waals surface area contributed by atoms with Crippen molar-refractivity contribution in [2.75, 3.05) is 0 Å². The molecule has 1 N–H and O–H groups in total. The second-order valence-electron chi connectivity index (χ2n) is 3.06. The van der Waals surface area contributed by atoms with Crippen LogP contribution in [0.4, 0.5) is 0 Å². The Morgan fingerprint density at radius 3 is 3.00 bits per heavy atom. The Morgan fingerprint density at radius 2 is 2.45 bits per heavy atom. The molecular weight excluding hydrogens is 138 g/mol. The van der Waals surface area contributed by atoms with Gasteiger partial charge in [-0.25, -0.2) is 0 Å². The lowest BCUT2D eigenvalue weighted by molar-refractivity contribution is 0.516. The van der Waals surface area contributed by atoms with E-state index in [0.29, 0.717) is 0 Å². The maximum absolute atomic E-state index is 4.00. The fraction of sp³-hybridized carbons (Fsp3) is 0.750. The fourth-order valence-electron chi connectivity index (χ4n) is 1.28. The van der Waals surface area contributed by atoms with Gasteiger partial charge in [0.15, 0.2) is 0 Å². The monoisotopic (exact) mass is 153 g/mol. The molecule has 0 spiro atoms. The molecule has 0 aromatic carbocycles. The zero-order chi connectivity index (χ0) is 8.10. The van der Waals surface area contributed by atoms with Crippen molar-refractivity contribution in [1.82, 2.24) is 15.4 Å². The van der Waals surface area contributed by atoms with Crippen molar-refractivity contribution >= 4 is 0 Å². The number of hydrogen-bond donors (Lipinski definition) is 1. The van der Waals surface area contributed by atoms with Gasteiger partial charge >= 0.3 is 0 Å². The van der Waals surface area contributed by atoms with E-state index >= 15 is 0 Å². The van der Waals surface area contributed by atoms with Crippen molar-refractivity contribution in [3.8, 4) is 0 Å². The molecule has 0 saturated carbocycles. The van der Waals surface area contributed by atoms with Gasteiger partial charge in [-0.1, -0.05) is 26.7 Å². The maximum atomic E-state index is 4.00. The molecule has 1 unspecified atom stereocenters. The van der Waals surface area contributed by atoms with E-state index in [0.717, 1.165) is 18.0 Å². The van der Waals surface area contributed by atoms with Crippen LogP contribution in [0.25, 0.3) is 0 Å². The SMILES string of the molecule is CCCC(C)Cc1cn[nH]n1. The predicted octanol–water partition coefficient (Wildman–Crippen LogP) is 1.78. The molecule has 0 bridgehead atoms. The van der Waals surface area contributed by atoms with E-state index in [-0.39, 0.29) is 0 Å². The second kappa shape index (κ2) is 4.11. The van der Waals surface area contributed by atoms with E-state index < -0.39 is 0 Å². The molecule has 0 radical (unpaired) electrons. The molecule has 0 amide bonds.